The van der Waals surface area contributed by atoms with Gasteiger partial charge in [0.1, 0.15) is 13.2 Å². The van der Waals surface area contributed by atoms with Crippen molar-refractivity contribution in [2.24, 2.45) is 5.92 Å². The summed E-state index contributed by atoms with van der Waals surface area (Å²) in [6, 6.07) is 12.1. The predicted octanol–water partition coefficient (Wildman–Crippen LogP) is 3.58. The number of carbonyl (C=O) groups excluding carboxylic acids is 2. The molecular weight excluding hydrogens is 356 g/mol. The van der Waals surface area contributed by atoms with Crippen LogP contribution < -0.4 is 14.8 Å². The molecule has 0 aliphatic carbocycles. The third-order valence-electron chi connectivity index (χ3n) is 5.26. The maximum Gasteiger partial charge on any atom is 0.255 e. The largest absolute Gasteiger partial charge is 0.486 e. The first-order chi connectivity index (χ1) is 13.6. The molecule has 1 saturated heterocycles. The van der Waals surface area contributed by atoms with Crippen LogP contribution in [0.3, 0.4) is 0 Å². The molecular formula is C22H24N2O4. The monoisotopic (exact) mass is 380 g/mol. The molecule has 0 unspecified atom stereocenters. The Bertz CT molecular complexity index is 871. The summed E-state index contributed by atoms with van der Waals surface area (Å²) in [4.78, 5) is 27.0. The van der Waals surface area contributed by atoms with E-state index in [1.165, 1.54) is 0 Å². The maximum atomic E-state index is 12.6. The molecule has 2 aromatic carbocycles. The quantitative estimate of drug-likeness (QED) is 0.884. The van der Waals surface area contributed by atoms with Crippen LogP contribution in [0.1, 0.15) is 40.5 Å². The van der Waals surface area contributed by atoms with E-state index in [0.29, 0.717) is 47.4 Å². The molecule has 2 aliphatic rings. The van der Waals surface area contributed by atoms with Crippen molar-refractivity contribution in [2.75, 3.05) is 31.6 Å². The van der Waals surface area contributed by atoms with Crippen molar-refractivity contribution >= 4 is 17.5 Å². The van der Waals surface area contributed by atoms with Crippen LogP contribution in [-0.2, 0) is 0 Å². The highest BCUT2D eigenvalue weighted by atomic mass is 16.6. The third kappa shape index (κ3) is 3.96. The fraction of sp³-hybridized carbons (Fsp3) is 0.364. The van der Waals surface area contributed by atoms with Crippen LogP contribution in [0.25, 0.3) is 0 Å². The Labute approximate surface area is 164 Å². The average molecular weight is 380 g/mol. The zero-order valence-corrected chi connectivity index (χ0v) is 15.9. The van der Waals surface area contributed by atoms with Crippen LogP contribution >= 0.6 is 0 Å². The fourth-order valence-corrected chi connectivity index (χ4v) is 3.48. The number of nitrogens with zero attached hydrogens (tertiary/aromatic N) is 1. The van der Waals surface area contributed by atoms with E-state index in [1.807, 2.05) is 4.90 Å². The van der Waals surface area contributed by atoms with Crippen molar-refractivity contribution in [2.45, 2.75) is 19.8 Å². The van der Waals surface area contributed by atoms with Gasteiger partial charge in [-0.3, -0.25) is 9.59 Å². The van der Waals surface area contributed by atoms with Crippen LogP contribution in [0, 0.1) is 5.92 Å². The molecule has 2 aliphatic heterocycles. The number of carbonyl (C=O) groups is 2. The smallest absolute Gasteiger partial charge is 0.255 e. The Balaban J connectivity index is 1.40. The Morgan fingerprint density at radius 3 is 2.29 bits per heavy atom. The lowest BCUT2D eigenvalue weighted by atomic mass is 9.98. The number of likely N-dealkylation sites (tertiary alicyclic amines) is 1. The SMILES string of the molecule is CC1CCN(C(=O)c2ccc(C(=O)Nc3ccc4c(c3)OCCO4)cc2)CC1. The number of rotatable bonds is 3. The van der Waals surface area contributed by atoms with Gasteiger partial charge in [0.25, 0.3) is 11.8 Å². The van der Waals surface area contributed by atoms with Crippen molar-refractivity contribution in [3.8, 4) is 11.5 Å². The predicted molar refractivity (Wildman–Crippen MR) is 106 cm³/mol. The van der Waals surface area contributed by atoms with E-state index in [1.54, 1.807) is 42.5 Å². The first kappa shape index (κ1) is 18.3. The highest BCUT2D eigenvalue weighted by Crippen LogP contribution is 2.32. The van der Waals surface area contributed by atoms with Gasteiger partial charge in [0.15, 0.2) is 11.5 Å². The first-order valence-electron chi connectivity index (χ1n) is 9.70. The standard InChI is InChI=1S/C22H24N2O4/c1-15-8-10-24(11-9-15)22(26)17-4-2-16(3-5-17)21(25)23-18-6-7-19-20(14-18)28-13-12-27-19/h2-7,14-15H,8-13H2,1H3,(H,23,25). The van der Waals surface area contributed by atoms with Crippen molar-refractivity contribution in [1.82, 2.24) is 4.90 Å². The summed E-state index contributed by atoms with van der Waals surface area (Å²) >= 11 is 0. The Kier molecular flexibility index (Phi) is 5.19. The summed E-state index contributed by atoms with van der Waals surface area (Å²) in [5.41, 5.74) is 1.75. The summed E-state index contributed by atoms with van der Waals surface area (Å²) in [6.07, 6.45) is 2.09. The summed E-state index contributed by atoms with van der Waals surface area (Å²) in [7, 11) is 0. The summed E-state index contributed by atoms with van der Waals surface area (Å²) in [5.74, 6) is 1.78. The fourth-order valence-electron chi connectivity index (χ4n) is 3.48. The molecule has 0 atom stereocenters. The lowest BCUT2D eigenvalue weighted by molar-refractivity contribution is 0.0697. The maximum absolute atomic E-state index is 12.6. The number of hydrogen-bond acceptors (Lipinski definition) is 4. The highest BCUT2D eigenvalue weighted by Gasteiger charge is 2.21. The van der Waals surface area contributed by atoms with E-state index >= 15 is 0 Å². The van der Waals surface area contributed by atoms with Gasteiger partial charge in [-0.25, -0.2) is 0 Å². The summed E-state index contributed by atoms with van der Waals surface area (Å²) in [5, 5.41) is 2.86. The molecule has 6 heteroatoms. The van der Waals surface area contributed by atoms with Gasteiger partial charge < -0.3 is 19.7 Å². The van der Waals surface area contributed by atoms with E-state index < -0.39 is 0 Å². The molecule has 28 heavy (non-hydrogen) atoms. The van der Waals surface area contributed by atoms with Gasteiger partial charge in [0.2, 0.25) is 0 Å². The van der Waals surface area contributed by atoms with Crippen molar-refractivity contribution in [1.29, 1.82) is 0 Å². The van der Waals surface area contributed by atoms with Gasteiger partial charge in [-0.1, -0.05) is 6.92 Å². The second-order valence-corrected chi connectivity index (χ2v) is 7.36. The number of benzene rings is 2. The second kappa shape index (κ2) is 7.92. The van der Waals surface area contributed by atoms with Crippen LogP contribution in [-0.4, -0.2) is 43.0 Å². The number of ether oxygens (including phenoxy) is 2. The van der Waals surface area contributed by atoms with Gasteiger partial charge in [-0.2, -0.15) is 0 Å². The topological polar surface area (TPSA) is 67.9 Å². The van der Waals surface area contributed by atoms with Crippen LogP contribution in [0.2, 0.25) is 0 Å². The first-order valence-corrected chi connectivity index (χ1v) is 9.70. The van der Waals surface area contributed by atoms with Crippen LogP contribution in [0.4, 0.5) is 5.69 Å². The molecule has 0 radical (unpaired) electrons. The Hall–Kier alpha value is -3.02. The summed E-state index contributed by atoms with van der Waals surface area (Å²) in [6.45, 7) is 4.84. The van der Waals surface area contributed by atoms with Crippen LogP contribution in [0.15, 0.2) is 42.5 Å². The lowest BCUT2D eigenvalue weighted by Crippen LogP contribution is -2.37. The van der Waals surface area contributed by atoms with Crippen LogP contribution in [0.5, 0.6) is 11.5 Å². The normalized spacial score (nSPS) is 16.5. The second-order valence-electron chi connectivity index (χ2n) is 7.36. The average Bonchev–Trinajstić information content (AvgIpc) is 2.74. The number of fused-ring (bicyclic) bond motifs is 1. The van der Waals surface area contributed by atoms with Crippen molar-refractivity contribution in [3.63, 3.8) is 0 Å². The van der Waals surface area contributed by atoms with E-state index in [0.717, 1.165) is 25.9 Å². The molecule has 1 fully saturated rings. The number of amides is 2. The molecule has 0 spiro atoms. The zero-order valence-electron chi connectivity index (χ0n) is 15.9. The molecule has 0 saturated carbocycles. The van der Waals surface area contributed by atoms with E-state index in [4.69, 9.17) is 9.47 Å². The molecule has 4 rings (SSSR count). The molecule has 2 aromatic rings. The highest BCUT2D eigenvalue weighted by molar-refractivity contribution is 6.05. The van der Waals surface area contributed by atoms with E-state index in [-0.39, 0.29) is 11.8 Å². The number of nitrogens with one attached hydrogen (secondary N) is 1. The Morgan fingerprint density at radius 2 is 1.57 bits per heavy atom. The van der Waals surface area contributed by atoms with E-state index in [2.05, 4.69) is 12.2 Å². The minimum Gasteiger partial charge on any atom is -0.486 e. The molecule has 1 N–H and O–H groups in total. The molecule has 146 valence electrons. The number of piperidine rings is 1. The molecule has 6 nitrogen and oxygen atoms in total. The van der Waals surface area contributed by atoms with Gasteiger partial charge in [0.05, 0.1) is 0 Å². The molecule has 0 bridgehead atoms. The van der Waals surface area contributed by atoms with Gasteiger partial charge in [-0.05, 0) is 55.2 Å². The summed E-state index contributed by atoms with van der Waals surface area (Å²) < 4.78 is 11.0. The van der Waals surface area contributed by atoms with Gasteiger partial charge in [0, 0.05) is 36.0 Å². The van der Waals surface area contributed by atoms with Gasteiger partial charge in [-0.15, -0.1) is 0 Å². The van der Waals surface area contributed by atoms with Crippen molar-refractivity contribution in [3.05, 3.63) is 53.6 Å². The minimum atomic E-state index is -0.234. The molecule has 2 amide bonds. The minimum absolute atomic E-state index is 0.0331. The van der Waals surface area contributed by atoms with Crippen molar-refractivity contribution < 1.29 is 19.1 Å². The van der Waals surface area contributed by atoms with E-state index in [9.17, 15) is 9.59 Å². The number of anilines is 1. The Morgan fingerprint density at radius 1 is 0.929 bits per heavy atom. The molecule has 2 heterocycles. The number of hydrogen-bond donors (Lipinski definition) is 1. The molecule has 0 aromatic heterocycles. The lowest BCUT2D eigenvalue weighted by Gasteiger charge is -2.30. The third-order valence-corrected chi connectivity index (χ3v) is 5.26. The van der Waals surface area contributed by atoms with Gasteiger partial charge >= 0.3 is 0 Å². The zero-order chi connectivity index (χ0) is 19.5.